The first-order valence-electron chi connectivity index (χ1n) is 13.2. The van der Waals surface area contributed by atoms with Gasteiger partial charge in [-0.15, -0.1) is 0 Å². The quantitative estimate of drug-likeness (QED) is 0.161. The Morgan fingerprint density at radius 2 is 1.21 bits per heavy atom. The van der Waals surface area contributed by atoms with Crippen molar-refractivity contribution in [3.8, 4) is 0 Å². The van der Waals surface area contributed by atoms with Crippen LogP contribution in [0.4, 0.5) is 9.59 Å². The second-order valence-electron chi connectivity index (χ2n) is 9.35. The van der Waals surface area contributed by atoms with Gasteiger partial charge in [-0.3, -0.25) is 14.9 Å². The largest absolute Gasteiger partial charge is 0.453 e. The van der Waals surface area contributed by atoms with E-state index in [1.54, 1.807) is 0 Å². The fraction of sp³-hybridized carbons (Fsp3) is 0.630. The Labute approximate surface area is 226 Å². The maximum Gasteiger partial charge on any atom is 0.407 e. The van der Waals surface area contributed by atoms with Crippen LogP contribution in [0.1, 0.15) is 58.9 Å². The molecule has 0 unspecified atom stereocenters. The molecule has 1 aromatic rings. The van der Waals surface area contributed by atoms with E-state index in [4.69, 9.17) is 0 Å². The highest BCUT2D eigenvalue weighted by Crippen LogP contribution is 2.10. The average molecular weight is 536 g/mol. The first kappa shape index (κ1) is 32.7. The molecule has 0 fully saturated rings. The molecular weight excluding hydrogens is 490 g/mol. The van der Waals surface area contributed by atoms with E-state index in [-0.39, 0.29) is 11.8 Å². The lowest BCUT2D eigenvalue weighted by Gasteiger charge is -2.29. The number of methoxy groups -OCH3 is 2. The molecule has 5 N–H and O–H groups in total. The number of carbonyl (C=O) groups excluding carboxylic acids is 4. The van der Waals surface area contributed by atoms with Gasteiger partial charge in [-0.05, 0) is 43.2 Å². The number of rotatable bonds is 16. The Hall–Kier alpha value is -3.34. The summed E-state index contributed by atoms with van der Waals surface area (Å²) in [6.07, 6.45) is 1.48. The van der Waals surface area contributed by atoms with Crippen molar-refractivity contribution >= 4 is 24.0 Å². The topological polar surface area (TPSA) is 147 Å². The van der Waals surface area contributed by atoms with Crippen LogP contribution < -0.4 is 26.6 Å². The molecule has 38 heavy (non-hydrogen) atoms. The lowest BCUT2D eigenvalue weighted by molar-refractivity contribution is -0.128. The number of alkyl carbamates (subject to hydrolysis) is 2. The summed E-state index contributed by atoms with van der Waals surface area (Å²) in [5, 5.41) is 13.9. The molecule has 0 aliphatic heterocycles. The smallest absolute Gasteiger partial charge is 0.407 e. The maximum atomic E-state index is 13.2. The predicted molar refractivity (Wildman–Crippen MR) is 145 cm³/mol. The Kier molecular flexibility index (Phi) is 15.5. The van der Waals surface area contributed by atoms with Crippen molar-refractivity contribution in [2.24, 2.45) is 11.8 Å². The molecule has 0 saturated carbocycles. The molecule has 0 aliphatic rings. The third-order valence-electron chi connectivity index (χ3n) is 6.57. The number of aryl methyl sites for hydroxylation is 1. The van der Waals surface area contributed by atoms with Crippen molar-refractivity contribution in [1.29, 1.82) is 0 Å². The Balaban J connectivity index is 2.95. The van der Waals surface area contributed by atoms with Gasteiger partial charge in [0, 0.05) is 0 Å². The number of carbonyl (C=O) groups is 4. The average Bonchev–Trinajstić information content (AvgIpc) is 2.93. The van der Waals surface area contributed by atoms with Crippen molar-refractivity contribution in [1.82, 2.24) is 26.6 Å². The minimum absolute atomic E-state index is 0.190. The Morgan fingerprint density at radius 3 is 1.63 bits per heavy atom. The molecule has 0 saturated heterocycles. The third-order valence-corrected chi connectivity index (χ3v) is 6.57. The van der Waals surface area contributed by atoms with Gasteiger partial charge in [0.15, 0.2) is 6.29 Å². The highest BCUT2D eigenvalue weighted by molar-refractivity contribution is 5.88. The molecule has 4 amide bonds. The molecule has 0 radical (unpaired) electrons. The van der Waals surface area contributed by atoms with Crippen LogP contribution in [0.2, 0.25) is 0 Å². The molecule has 0 aliphatic carbocycles. The molecule has 0 aromatic heterocycles. The van der Waals surface area contributed by atoms with Gasteiger partial charge in [-0.25, -0.2) is 9.59 Å². The van der Waals surface area contributed by atoms with Crippen LogP contribution in [0.3, 0.4) is 0 Å². The van der Waals surface area contributed by atoms with Gasteiger partial charge >= 0.3 is 12.2 Å². The predicted octanol–water partition coefficient (Wildman–Crippen LogP) is 2.66. The monoisotopic (exact) mass is 535 g/mol. The summed E-state index contributed by atoms with van der Waals surface area (Å²) in [6.45, 7) is 8.00. The fourth-order valence-corrected chi connectivity index (χ4v) is 3.72. The Morgan fingerprint density at radius 1 is 0.737 bits per heavy atom. The van der Waals surface area contributed by atoms with E-state index in [9.17, 15) is 19.2 Å². The molecule has 11 nitrogen and oxygen atoms in total. The van der Waals surface area contributed by atoms with Crippen LogP contribution in [-0.4, -0.2) is 63.1 Å². The van der Waals surface area contributed by atoms with Crippen LogP contribution in [-0.2, 0) is 25.5 Å². The number of ether oxygens (including phenoxy) is 2. The zero-order valence-corrected chi connectivity index (χ0v) is 23.5. The van der Waals surface area contributed by atoms with Crippen LogP contribution >= 0.6 is 0 Å². The van der Waals surface area contributed by atoms with E-state index >= 15 is 0 Å². The van der Waals surface area contributed by atoms with Gasteiger partial charge in [0.2, 0.25) is 11.8 Å². The van der Waals surface area contributed by atoms with Crippen LogP contribution in [0.5, 0.6) is 0 Å². The number of unbranched alkanes of at least 4 members (excludes halogenated alkanes) is 1. The fourth-order valence-electron chi connectivity index (χ4n) is 3.72. The second kappa shape index (κ2) is 18.0. The van der Waals surface area contributed by atoms with Crippen LogP contribution in [0.15, 0.2) is 30.3 Å². The van der Waals surface area contributed by atoms with Gasteiger partial charge in [0.25, 0.3) is 0 Å². The normalized spacial score (nSPS) is 14.0. The molecule has 1 rings (SSSR count). The summed E-state index contributed by atoms with van der Waals surface area (Å²) in [6, 6.07) is 8.38. The van der Waals surface area contributed by atoms with Crippen molar-refractivity contribution in [2.45, 2.75) is 78.2 Å². The van der Waals surface area contributed by atoms with E-state index in [0.717, 1.165) is 19.3 Å². The summed E-state index contributed by atoms with van der Waals surface area (Å²) in [5.41, 5.74) is 1.24. The van der Waals surface area contributed by atoms with Crippen LogP contribution in [0, 0.1) is 11.8 Å². The SMILES string of the molecule is CC[C@H](C)[C@H](NC(=O)OC)C(=O)NC(NCCCCc1ccccc1)NC(=O)[C@@H](NC(=O)OC)[C@@H](C)CC. The van der Waals surface area contributed by atoms with E-state index in [1.165, 1.54) is 19.8 Å². The first-order chi connectivity index (χ1) is 18.2. The summed E-state index contributed by atoms with van der Waals surface area (Å²) in [5.74, 6) is -1.34. The Bertz CT molecular complexity index is 823. The van der Waals surface area contributed by atoms with Gasteiger partial charge in [-0.2, -0.15) is 0 Å². The molecule has 0 heterocycles. The molecular formula is C27H45N5O6. The van der Waals surface area contributed by atoms with Gasteiger partial charge in [-0.1, -0.05) is 70.9 Å². The highest BCUT2D eigenvalue weighted by Gasteiger charge is 2.31. The molecule has 0 bridgehead atoms. The van der Waals surface area contributed by atoms with E-state index in [2.05, 4.69) is 48.2 Å². The minimum Gasteiger partial charge on any atom is -0.453 e. The van der Waals surface area contributed by atoms with E-state index in [0.29, 0.717) is 19.4 Å². The second-order valence-corrected chi connectivity index (χ2v) is 9.35. The molecule has 1 aromatic carbocycles. The molecule has 214 valence electrons. The zero-order chi connectivity index (χ0) is 28.5. The number of nitrogens with one attached hydrogen (secondary N) is 5. The van der Waals surface area contributed by atoms with Crippen molar-refractivity contribution in [2.75, 3.05) is 20.8 Å². The van der Waals surface area contributed by atoms with Gasteiger partial charge in [0.05, 0.1) is 14.2 Å². The van der Waals surface area contributed by atoms with Gasteiger partial charge in [0.1, 0.15) is 12.1 Å². The summed E-state index contributed by atoms with van der Waals surface area (Å²) in [7, 11) is 2.45. The summed E-state index contributed by atoms with van der Waals surface area (Å²) in [4.78, 5) is 50.1. The van der Waals surface area contributed by atoms with Crippen molar-refractivity contribution in [3.05, 3.63) is 35.9 Å². The van der Waals surface area contributed by atoms with Crippen LogP contribution in [0.25, 0.3) is 0 Å². The number of benzene rings is 1. The maximum absolute atomic E-state index is 13.2. The number of amides is 4. The molecule has 0 spiro atoms. The highest BCUT2D eigenvalue weighted by atomic mass is 16.5. The third kappa shape index (κ3) is 11.8. The van der Waals surface area contributed by atoms with Crippen molar-refractivity contribution in [3.63, 3.8) is 0 Å². The lowest BCUT2D eigenvalue weighted by atomic mass is 9.98. The summed E-state index contributed by atoms with van der Waals surface area (Å²) >= 11 is 0. The molecule has 11 heteroatoms. The number of hydrogen-bond acceptors (Lipinski definition) is 7. The van der Waals surface area contributed by atoms with Crippen molar-refractivity contribution < 1.29 is 28.7 Å². The molecule has 4 atom stereocenters. The van der Waals surface area contributed by atoms with Gasteiger partial charge < -0.3 is 30.7 Å². The van der Waals surface area contributed by atoms with E-state index in [1.807, 2.05) is 45.9 Å². The van der Waals surface area contributed by atoms with E-state index < -0.39 is 42.4 Å². The number of hydrogen-bond donors (Lipinski definition) is 5. The first-order valence-corrected chi connectivity index (χ1v) is 13.2. The zero-order valence-electron chi connectivity index (χ0n) is 23.5. The standard InChI is InChI=1S/C27H45N5O6/c1-7-18(3)21(29-26(35)37-5)23(33)31-25(28-17-13-12-16-20-14-10-9-11-15-20)32-24(34)22(19(4)8-2)30-27(36)38-6/h9-11,14-15,18-19,21-22,25,28H,7-8,12-13,16-17H2,1-6H3,(H,29,35)(H,30,36)(H,31,33)(H,32,34)/t18-,19-,21-,22-/m0/s1. The lowest BCUT2D eigenvalue weighted by Crippen LogP contribution is -2.64. The summed E-state index contributed by atoms with van der Waals surface area (Å²) < 4.78 is 9.35. The minimum atomic E-state index is -0.941.